The maximum absolute atomic E-state index is 10.8. The first-order valence-corrected chi connectivity index (χ1v) is 4.25. The fourth-order valence-corrected chi connectivity index (χ4v) is 1.36. The second kappa shape index (κ2) is 4.11. The first-order chi connectivity index (χ1) is 6.57. The maximum Gasteiger partial charge on any atom is 0.336 e. The smallest absolute Gasteiger partial charge is 0.336 e. The Bertz CT molecular complexity index is 386. The molecule has 0 radical (unpaired) electrons. The minimum Gasteiger partial charge on any atom is -0.478 e. The fourth-order valence-electron chi connectivity index (χ4n) is 1.14. The highest BCUT2D eigenvalue weighted by molar-refractivity contribution is 6.18. The summed E-state index contributed by atoms with van der Waals surface area (Å²) in [5.41, 5.74) is -0.176. The zero-order chi connectivity index (χ0) is 10.7. The molecule has 5 heteroatoms. The molecule has 4 nitrogen and oxygen atoms in total. The number of hydrogen-bond acceptors (Lipinski definition) is 2. The summed E-state index contributed by atoms with van der Waals surface area (Å²) in [6, 6.07) is 4.19. The van der Waals surface area contributed by atoms with E-state index in [1.54, 1.807) is 0 Å². The molecule has 0 aliphatic heterocycles. The van der Waals surface area contributed by atoms with E-state index in [0.717, 1.165) is 0 Å². The topological polar surface area (TPSA) is 74.6 Å². The fraction of sp³-hybridized carbons (Fsp3) is 0.111. The predicted octanol–water partition coefficient (Wildman–Crippen LogP) is 1.82. The van der Waals surface area contributed by atoms with Gasteiger partial charge >= 0.3 is 11.9 Å². The van der Waals surface area contributed by atoms with Gasteiger partial charge in [0.25, 0.3) is 0 Å². The molecule has 2 N–H and O–H groups in total. The number of carbonyl (C=O) groups is 2. The molecule has 1 aromatic rings. The van der Waals surface area contributed by atoms with Gasteiger partial charge in [-0.05, 0) is 11.6 Å². The quantitative estimate of drug-likeness (QED) is 0.753. The first-order valence-electron chi connectivity index (χ1n) is 3.72. The van der Waals surface area contributed by atoms with Gasteiger partial charge in [-0.15, -0.1) is 11.6 Å². The van der Waals surface area contributed by atoms with Crippen LogP contribution in [-0.2, 0) is 5.88 Å². The van der Waals surface area contributed by atoms with Gasteiger partial charge in [0.1, 0.15) is 0 Å². The van der Waals surface area contributed by atoms with E-state index in [0.29, 0.717) is 5.56 Å². The van der Waals surface area contributed by atoms with E-state index in [1.165, 1.54) is 18.2 Å². The Morgan fingerprint density at radius 3 is 2.29 bits per heavy atom. The van der Waals surface area contributed by atoms with Crippen LogP contribution in [0.2, 0.25) is 0 Å². The van der Waals surface area contributed by atoms with E-state index in [2.05, 4.69) is 0 Å². The van der Waals surface area contributed by atoms with Gasteiger partial charge in [0, 0.05) is 5.88 Å². The molecule has 0 unspecified atom stereocenters. The number of hydrogen-bond donors (Lipinski definition) is 2. The van der Waals surface area contributed by atoms with Gasteiger partial charge in [-0.1, -0.05) is 12.1 Å². The second-order valence-corrected chi connectivity index (χ2v) is 2.85. The Morgan fingerprint density at radius 1 is 1.21 bits per heavy atom. The van der Waals surface area contributed by atoms with Crippen molar-refractivity contribution in [1.82, 2.24) is 0 Å². The number of carboxylic acid groups (broad SMARTS) is 2. The van der Waals surface area contributed by atoms with Crippen molar-refractivity contribution in [3.63, 3.8) is 0 Å². The number of carboxylic acids is 2. The van der Waals surface area contributed by atoms with Crippen LogP contribution in [0.1, 0.15) is 26.3 Å². The number of halogens is 1. The Labute approximate surface area is 84.7 Å². The van der Waals surface area contributed by atoms with Crippen molar-refractivity contribution >= 4 is 23.5 Å². The Morgan fingerprint density at radius 2 is 1.86 bits per heavy atom. The van der Waals surface area contributed by atoms with Crippen LogP contribution < -0.4 is 0 Å². The van der Waals surface area contributed by atoms with Crippen LogP contribution >= 0.6 is 11.6 Å². The Kier molecular flexibility index (Phi) is 3.09. The van der Waals surface area contributed by atoms with E-state index in [9.17, 15) is 9.59 Å². The van der Waals surface area contributed by atoms with Crippen LogP contribution in [0.25, 0.3) is 0 Å². The summed E-state index contributed by atoms with van der Waals surface area (Å²) in [5.74, 6) is -2.57. The van der Waals surface area contributed by atoms with Crippen molar-refractivity contribution in [2.24, 2.45) is 0 Å². The molecule has 0 saturated heterocycles. The van der Waals surface area contributed by atoms with Gasteiger partial charge in [-0.2, -0.15) is 0 Å². The maximum atomic E-state index is 10.8. The van der Waals surface area contributed by atoms with Gasteiger partial charge in [-0.25, -0.2) is 9.59 Å². The summed E-state index contributed by atoms with van der Waals surface area (Å²) in [6.45, 7) is 0. The lowest BCUT2D eigenvalue weighted by Gasteiger charge is -2.05. The normalized spacial score (nSPS) is 9.79. The standard InChI is InChI=1S/C9H7ClO4/c10-4-5-2-1-3-6(8(11)12)7(5)9(13)14/h1-3H,4H2,(H,11,12)(H,13,14). The predicted molar refractivity (Wildman–Crippen MR) is 49.9 cm³/mol. The van der Waals surface area contributed by atoms with Crippen LogP contribution in [0.4, 0.5) is 0 Å². The molecule has 0 spiro atoms. The molecule has 0 saturated carbocycles. The summed E-state index contributed by atoms with van der Waals surface area (Å²) in [7, 11) is 0. The number of rotatable bonds is 3. The van der Waals surface area contributed by atoms with Crippen LogP contribution in [0.15, 0.2) is 18.2 Å². The molecular weight excluding hydrogens is 208 g/mol. The molecule has 0 heterocycles. The highest BCUT2D eigenvalue weighted by Gasteiger charge is 2.18. The van der Waals surface area contributed by atoms with Crippen LogP contribution in [0.3, 0.4) is 0 Å². The Hall–Kier alpha value is -1.55. The van der Waals surface area contributed by atoms with Gasteiger partial charge in [0.05, 0.1) is 11.1 Å². The van der Waals surface area contributed by atoms with Gasteiger partial charge in [0.2, 0.25) is 0 Å². The molecule has 1 aromatic carbocycles. The molecule has 0 aromatic heterocycles. The van der Waals surface area contributed by atoms with Crippen molar-refractivity contribution in [3.8, 4) is 0 Å². The number of aromatic carboxylic acids is 2. The van der Waals surface area contributed by atoms with Gasteiger partial charge in [0.15, 0.2) is 0 Å². The summed E-state index contributed by atoms with van der Waals surface area (Å²) in [4.78, 5) is 21.5. The molecule has 0 aliphatic rings. The van der Waals surface area contributed by atoms with E-state index in [4.69, 9.17) is 21.8 Å². The molecular formula is C9H7ClO4. The summed E-state index contributed by atoms with van der Waals surface area (Å²) < 4.78 is 0. The van der Waals surface area contributed by atoms with Crippen LogP contribution in [0.5, 0.6) is 0 Å². The highest BCUT2D eigenvalue weighted by atomic mass is 35.5. The zero-order valence-corrected chi connectivity index (χ0v) is 7.78. The van der Waals surface area contributed by atoms with Gasteiger partial charge in [-0.3, -0.25) is 0 Å². The average Bonchev–Trinajstić information content (AvgIpc) is 2.16. The second-order valence-electron chi connectivity index (χ2n) is 2.58. The molecule has 74 valence electrons. The molecule has 1 rings (SSSR count). The van der Waals surface area contributed by atoms with E-state index in [1.807, 2.05) is 0 Å². The monoisotopic (exact) mass is 214 g/mol. The van der Waals surface area contributed by atoms with E-state index in [-0.39, 0.29) is 17.0 Å². The largest absolute Gasteiger partial charge is 0.478 e. The van der Waals surface area contributed by atoms with E-state index < -0.39 is 11.9 Å². The van der Waals surface area contributed by atoms with Crippen molar-refractivity contribution in [2.45, 2.75) is 5.88 Å². The average molecular weight is 215 g/mol. The first kappa shape index (κ1) is 10.5. The van der Waals surface area contributed by atoms with Crippen molar-refractivity contribution in [1.29, 1.82) is 0 Å². The van der Waals surface area contributed by atoms with Crippen LogP contribution in [0, 0.1) is 0 Å². The third-order valence-electron chi connectivity index (χ3n) is 1.74. The lowest BCUT2D eigenvalue weighted by molar-refractivity contribution is 0.0650. The minimum atomic E-state index is -1.28. The third-order valence-corrected chi connectivity index (χ3v) is 2.03. The Balaban J connectivity index is 3.43. The highest BCUT2D eigenvalue weighted by Crippen LogP contribution is 2.17. The molecule has 0 atom stereocenters. The summed E-state index contributed by atoms with van der Waals surface area (Å²) >= 11 is 5.50. The molecule has 14 heavy (non-hydrogen) atoms. The number of benzene rings is 1. The van der Waals surface area contributed by atoms with Crippen molar-refractivity contribution < 1.29 is 19.8 Å². The summed E-state index contributed by atoms with van der Waals surface area (Å²) in [5, 5.41) is 17.5. The molecule has 0 fully saturated rings. The molecule has 0 amide bonds. The van der Waals surface area contributed by atoms with Crippen molar-refractivity contribution in [3.05, 3.63) is 34.9 Å². The third kappa shape index (κ3) is 1.85. The minimum absolute atomic E-state index is 0.0250. The summed E-state index contributed by atoms with van der Waals surface area (Å²) in [6.07, 6.45) is 0. The van der Waals surface area contributed by atoms with Gasteiger partial charge < -0.3 is 10.2 Å². The lowest BCUT2D eigenvalue weighted by atomic mass is 10.0. The SMILES string of the molecule is O=C(O)c1cccc(CCl)c1C(=O)O. The number of alkyl halides is 1. The molecule has 0 aliphatic carbocycles. The lowest BCUT2D eigenvalue weighted by Crippen LogP contribution is -2.10. The zero-order valence-electron chi connectivity index (χ0n) is 7.03. The van der Waals surface area contributed by atoms with Crippen molar-refractivity contribution in [2.75, 3.05) is 0 Å². The van der Waals surface area contributed by atoms with Crippen LogP contribution in [-0.4, -0.2) is 22.2 Å². The molecule has 0 bridgehead atoms. The van der Waals surface area contributed by atoms with E-state index >= 15 is 0 Å².